The molecule has 0 bridgehead atoms. The fourth-order valence-electron chi connectivity index (χ4n) is 1.65. The van der Waals surface area contributed by atoms with Crippen molar-refractivity contribution in [1.29, 1.82) is 0 Å². The van der Waals surface area contributed by atoms with Crippen molar-refractivity contribution in [3.8, 4) is 0 Å². The van der Waals surface area contributed by atoms with Crippen LogP contribution >= 0.6 is 0 Å². The minimum Gasteiger partial charge on any atom is -0.478 e. The molecule has 0 spiro atoms. The first kappa shape index (κ1) is 25.8. The summed E-state index contributed by atoms with van der Waals surface area (Å²) in [5.41, 5.74) is 0.0567. The number of aliphatic carboxylic acids is 2. The molecule has 4 N–H and O–H groups in total. The predicted octanol–water partition coefficient (Wildman–Crippen LogP) is 2.43. The van der Waals surface area contributed by atoms with Gasteiger partial charge in [0.15, 0.2) is 0 Å². The van der Waals surface area contributed by atoms with Crippen LogP contribution in [0.2, 0.25) is 0 Å². The molecule has 25 heavy (non-hydrogen) atoms. The fourth-order valence-corrected chi connectivity index (χ4v) is 1.65. The van der Waals surface area contributed by atoms with Crippen molar-refractivity contribution in [2.75, 3.05) is 19.8 Å². The van der Waals surface area contributed by atoms with Gasteiger partial charge in [0, 0.05) is 30.8 Å². The maximum Gasteiger partial charge on any atom is 0.328 e. The molecule has 1 atom stereocenters. The molecule has 148 valence electrons. The number of unbranched alkanes of at least 4 members (excludes halogenated alkanes) is 4. The Morgan fingerprint density at radius 2 is 1.56 bits per heavy atom. The van der Waals surface area contributed by atoms with Crippen LogP contribution in [0.15, 0.2) is 12.2 Å². The second-order valence-corrected chi connectivity index (χ2v) is 6.78. The van der Waals surface area contributed by atoms with Crippen LogP contribution < -0.4 is 5.32 Å². The topological polar surface area (TPSA) is 116 Å². The van der Waals surface area contributed by atoms with Crippen LogP contribution in [0.1, 0.15) is 59.8 Å². The van der Waals surface area contributed by atoms with Gasteiger partial charge in [0.05, 0.1) is 12.7 Å². The summed E-state index contributed by atoms with van der Waals surface area (Å²) < 4.78 is 5.45. The SMILES string of the molecule is CCCCCCCOCC(O)CNC(C)(C)C.O=C(O)/C=C/C(=O)O. The third kappa shape index (κ3) is 27.7. The van der Waals surface area contributed by atoms with Gasteiger partial charge in [-0.15, -0.1) is 0 Å². The van der Waals surface area contributed by atoms with Gasteiger partial charge in [0.25, 0.3) is 0 Å². The van der Waals surface area contributed by atoms with Gasteiger partial charge < -0.3 is 25.4 Å². The second kappa shape index (κ2) is 16.1. The van der Waals surface area contributed by atoms with Gasteiger partial charge in [0.2, 0.25) is 0 Å². The maximum absolute atomic E-state index is 9.67. The number of hydrogen-bond acceptors (Lipinski definition) is 5. The molecule has 0 saturated carbocycles. The highest BCUT2D eigenvalue weighted by molar-refractivity contribution is 5.89. The van der Waals surface area contributed by atoms with E-state index in [1.807, 2.05) is 0 Å². The van der Waals surface area contributed by atoms with E-state index in [9.17, 15) is 14.7 Å². The lowest BCUT2D eigenvalue weighted by atomic mass is 10.1. The Morgan fingerprint density at radius 1 is 1.04 bits per heavy atom. The van der Waals surface area contributed by atoms with Crippen molar-refractivity contribution < 1.29 is 29.6 Å². The molecule has 1 unspecified atom stereocenters. The average molecular weight is 361 g/mol. The molecule has 0 saturated heterocycles. The van der Waals surface area contributed by atoms with Crippen molar-refractivity contribution in [2.45, 2.75) is 71.4 Å². The van der Waals surface area contributed by atoms with Crippen molar-refractivity contribution >= 4 is 11.9 Å². The number of β-amino-alcohol motifs (C(OH)–C–C–N with tert-alkyl or cyclic N) is 1. The molecule has 0 heterocycles. The van der Waals surface area contributed by atoms with E-state index < -0.39 is 18.0 Å². The Bertz CT molecular complexity index is 360. The summed E-state index contributed by atoms with van der Waals surface area (Å²) in [4.78, 5) is 19.1. The second-order valence-electron chi connectivity index (χ2n) is 6.78. The molecule has 0 radical (unpaired) electrons. The van der Waals surface area contributed by atoms with E-state index in [1.165, 1.54) is 25.7 Å². The highest BCUT2D eigenvalue weighted by atomic mass is 16.5. The van der Waals surface area contributed by atoms with Gasteiger partial charge in [-0.05, 0) is 27.2 Å². The smallest absolute Gasteiger partial charge is 0.328 e. The normalized spacial score (nSPS) is 12.5. The first-order valence-corrected chi connectivity index (χ1v) is 8.73. The zero-order valence-corrected chi connectivity index (χ0v) is 16.0. The van der Waals surface area contributed by atoms with Gasteiger partial charge >= 0.3 is 11.9 Å². The minimum atomic E-state index is -1.26. The molecule has 7 heteroatoms. The first-order valence-electron chi connectivity index (χ1n) is 8.73. The monoisotopic (exact) mass is 361 g/mol. The molecule has 0 aliphatic rings. The largest absolute Gasteiger partial charge is 0.478 e. The summed E-state index contributed by atoms with van der Waals surface area (Å²) in [5.74, 6) is -2.51. The standard InChI is InChI=1S/C14H31NO2.C4H4O4/c1-5-6-7-8-9-10-17-12-13(16)11-15-14(2,3)4;5-3(6)1-2-4(7)8/h13,15-16H,5-12H2,1-4H3;1-2H,(H,5,6)(H,7,8)/b;2-1+. The number of carboxylic acids is 2. The van der Waals surface area contributed by atoms with E-state index in [2.05, 4.69) is 33.0 Å². The Hall–Kier alpha value is -1.44. The van der Waals surface area contributed by atoms with Gasteiger partial charge in [0.1, 0.15) is 0 Å². The van der Waals surface area contributed by atoms with Gasteiger partial charge in [-0.25, -0.2) is 9.59 Å². The van der Waals surface area contributed by atoms with E-state index in [4.69, 9.17) is 14.9 Å². The van der Waals surface area contributed by atoms with Crippen LogP contribution in [0.25, 0.3) is 0 Å². The van der Waals surface area contributed by atoms with Crippen molar-refractivity contribution in [3.63, 3.8) is 0 Å². The number of aliphatic hydroxyl groups is 1. The predicted molar refractivity (Wildman–Crippen MR) is 97.8 cm³/mol. The number of hydrogen-bond donors (Lipinski definition) is 4. The summed E-state index contributed by atoms with van der Waals surface area (Å²) in [5, 5.41) is 28.6. The molecule has 0 aromatic carbocycles. The van der Waals surface area contributed by atoms with E-state index in [1.54, 1.807) is 0 Å². The van der Waals surface area contributed by atoms with Crippen LogP contribution in [0.5, 0.6) is 0 Å². The Kier molecular flexibility index (Phi) is 16.6. The molecule has 0 aromatic heterocycles. The summed E-state index contributed by atoms with van der Waals surface area (Å²) >= 11 is 0. The van der Waals surface area contributed by atoms with Crippen molar-refractivity contribution in [3.05, 3.63) is 12.2 Å². The average Bonchev–Trinajstić information content (AvgIpc) is 2.50. The maximum atomic E-state index is 9.67. The van der Waals surface area contributed by atoms with E-state index in [-0.39, 0.29) is 5.54 Å². The molecule has 0 rings (SSSR count). The first-order chi connectivity index (χ1) is 11.6. The summed E-state index contributed by atoms with van der Waals surface area (Å²) in [6, 6.07) is 0. The molecule has 0 aliphatic carbocycles. The lowest BCUT2D eigenvalue weighted by Gasteiger charge is -2.22. The number of ether oxygens (including phenoxy) is 1. The lowest BCUT2D eigenvalue weighted by Crippen LogP contribution is -2.42. The van der Waals surface area contributed by atoms with Crippen LogP contribution in [0.3, 0.4) is 0 Å². The number of carboxylic acid groups (broad SMARTS) is 2. The van der Waals surface area contributed by atoms with Crippen LogP contribution in [-0.2, 0) is 14.3 Å². The summed E-state index contributed by atoms with van der Waals surface area (Å²) in [6.07, 6.45) is 6.96. The van der Waals surface area contributed by atoms with Crippen LogP contribution in [0, 0.1) is 0 Å². The Labute approximate surface area is 151 Å². The third-order valence-electron chi connectivity index (χ3n) is 2.94. The highest BCUT2D eigenvalue weighted by Gasteiger charge is 2.11. The third-order valence-corrected chi connectivity index (χ3v) is 2.94. The number of aliphatic hydroxyl groups excluding tert-OH is 1. The fraction of sp³-hybridized carbons (Fsp3) is 0.778. The van der Waals surface area contributed by atoms with E-state index in [0.29, 0.717) is 25.3 Å². The zero-order chi connectivity index (χ0) is 19.7. The summed E-state index contributed by atoms with van der Waals surface area (Å²) in [7, 11) is 0. The number of nitrogens with one attached hydrogen (secondary N) is 1. The minimum absolute atomic E-state index is 0.0567. The molecule has 0 fully saturated rings. The lowest BCUT2D eigenvalue weighted by molar-refractivity contribution is -0.134. The Morgan fingerprint density at radius 3 is 2.00 bits per heavy atom. The van der Waals surface area contributed by atoms with Crippen LogP contribution in [-0.4, -0.2) is 58.7 Å². The van der Waals surface area contributed by atoms with Gasteiger partial charge in [-0.1, -0.05) is 32.6 Å². The molecule has 0 aromatic rings. The highest BCUT2D eigenvalue weighted by Crippen LogP contribution is 2.03. The van der Waals surface area contributed by atoms with Gasteiger partial charge in [-0.3, -0.25) is 0 Å². The summed E-state index contributed by atoms with van der Waals surface area (Å²) in [6.45, 7) is 10.3. The quantitative estimate of drug-likeness (QED) is 0.311. The molecule has 0 amide bonds. The van der Waals surface area contributed by atoms with Crippen molar-refractivity contribution in [2.24, 2.45) is 0 Å². The molecule has 7 nitrogen and oxygen atoms in total. The molecular formula is C18H35NO6. The number of carbonyl (C=O) groups is 2. The van der Waals surface area contributed by atoms with Crippen molar-refractivity contribution in [1.82, 2.24) is 5.32 Å². The molecule has 0 aliphatic heterocycles. The number of rotatable bonds is 12. The van der Waals surface area contributed by atoms with Crippen LogP contribution in [0.4, 0.5) is 0 Å². The zero-order valence-electron chi connectivity index (χ0n) is 16.0. The molecular weight excluding hydrogens is 326 g/mol. The van der Waals surface area contributed by atoms with E-state index >= 15 is 0 Å². The van der Waals surface area contributed by atoms with E-state index in [0.717, 1.165) is 13.0 Å². The van der Waals surface area contributed by atoms with Gasteiger partial charge in [-0.2, -0.15) is 0 Å². The Balaban J connectivity index is 0.